The van der Waals surface area contributed by atoms with Crippen LogP contribution < -0.4 is 5.01 Å². The number of carboxylic acids is 1. The largest absolute Gasteiger partial charge is 0.508 e. The second-order valence-corrected chi connectivity index (χ2v) is 5.56. The molecule has 138 valence electrons. The van der Waals surface area contributed by atoms with E-state index in [2.05, 4.69) is 5.10 Å². The van der Waals surface area contributed by atoms with Crippen molar-refractivity contribution in [2.45, 2.75) is 6.18 Å². The number of carbonyl (C=O) groups is 2. The summed E-state index contributed by atoms with van der Waals surface area (Å²) in [5.74, 6) is -2.28. The van der Waals surface area contributed by atoms with Crippen LogP contribution in [0.5, 0.6) is 5.75 Å². The van der Waals surface area contributed by atoms with Crippen molar-refractivity contribution in [1.82, 2.24) is 0 Å². The van der Waals surface area contributed by atoms with Crippen LogP contribution in [0.2, 0.25) is 0 Å². The fourth-order valence-electron chi connectivity index (χ4n) is 2.41. The van der Waals surface area contributed by atoms with Gasteiger partial charge in [-0.2, -0.15) is 23.3 Å². The van der Waals surface area contributed by atoms with E-state index in [1.54, 1.807) is 0 Å². The molecule has 0 aromatic heterocycles. The lowest BCUT2D eigenvalue weighted by Crippen LogP contribution is -2.25. The number of halogens is 3. The average Bonchev–Trinajstić information content (AvgIpc) is 2.94. The quantitative estimate of drug-likeness (QED) is 0.803. The van der Waals surface area contributed by atoms with Crippen molar-refractivity contribution in [3.63, 3.8) is 0 Å². The highest BCUT2D eigenvalue weighted by Gasteiger charge is 2.46. The minimum atomic E-state index is -4.87. The first-order valence-corrected chi connectivity index (χ1v) is 7.51. The highest BCUT2D eigenvalue weighted by Crippen LogP contribution is 2.32. The zero-order chi connectivity index (χ0) is 19.8. The number of alkyl halides is 3. The molecular formula is C18H11F3N2O4. The van der Waals surface area contributed by atoms with Gasteiger partial charge in [-0.05, 0) is 48.0 Å². The number of amides is 1. The maximum atomic E-state index is 13.3. The number of nitrogens with zero attached hydrogens (tertiary/aromatic N) is 2. The van der Waals surface area contributed by atoms with E-state index in [-0.39, 0.29) is 22.6 Å². The van der Waals surface area contributed by atoms with E-state index < -0.39 is 29.3 Å². The molecule has 0 atom stereocenters. The number of hydrazone groups is 1. The van der Waals surface area contributed by atoms with Crippen molar-refractivity contribution in [3.8, 4) is 5.75 Å². The molecule has 9 heteroatoms. The fraction of sp³-hybridized carbons (Fsp3) is 0.0556. The van der Waals surface area contributed by atoms with E-state index in [0.29, 0.717) is 5.01 Å². The lowest BCUT2D eigenvalue weighted by atomic mass is 10.1. The molecule has 2 aromatic carbocycles. The summed E-state index contributed by atoms with van der Waals surface area (Å²) in [5, 5.41) is 22.1. The Labute approximate surface area is 150 Å². The molecule has 0 unspecified atom stereocenters. The van der Waals surface area contributed by atoms with Crippen LogP contribution in [-0.4, -0.2) is 34.0 Å². The Morgan fingerprint density at radius 2 is 1.63 bits per heavy atom. The Kier molecular flexibility index (Phi) is 4.44. The van der Waals surface area contributed by atoms with Gasteiger partial charge in [0.2, 0.25) is 0 Å². The monoisotopic (exact) mass is 376 g/mol. The number of benzene rings is 2. The Morgan fingerprint density at radius 1 is 1.04 bits per heavy atom. The topological polar surface area (TPSA) is 90.2 Å². The zero-order valence-electron chi connectivity index (χ0n) is 13.4. The molecule has 0 aliphatic carbocycles. The molecule has 0 fully saturated rings. The van der Waals surface area contributed by atoms with Crippen LogP contribution >= 0.6 is 0 Å². The number of phenolic OH excluding ortho intramolecular Hbond substituents is 1. The molecule has 2 aromatic rings. The van der Waals surface area contributed by atoms with Gasteiger partial charge in [0.05, 0.1) is 16.8 Å². The predicted molar refractivity (Wildman–Crippen MR) is 90.5 cm³/mol. The third-order valence-corrected chi connectivity index (χ3v) is 3.71. The normalized spacial score (nSPS) is 16.0. The zero-order valence-corrected chi connectivity index (χ0v) is 13.4. The lowest BCUT2D eigenvalue weighted by molar-refractivity contribution is -0.114. The van der Waals surface area contributed by atoms with Crippen LogP contribution in [-0.2, 0) is 4.79 Å². The van der Waals surface area contributed by atoms with Crippen molar-refractivity contribution in [2.24, 2.45) is 5.10 Å². The molecule has 0 spiro atoms. The Morgan fingerprint density at radius 3 is 2.15 bits per heavy atom. The number of rotatable bonds is 3. The molecule has 6 nitrogen and oxygen atoms in total. The summed E-state index contributed by atoms with van der Waals surface area (Å²) in [4.78, 5) is 23.4. The molecule has 1 heterocycles. The van der Waals surface area contributed by atoms with Gasteiger partial charge in [-0.15, -0.1) is 0 Å². The molecule has 1 amide bonds. The first kappa shape index (κ1) is 18.2. The SMILES string of the molecule is O=C(O)c1ccc(N2N=C(C(F)(F)F)C(=Cc3ccc(O)cc3)C2=O)cc1. The van der Waals surface area contributed by atoms with Gasteiger partial charge in [-0.1, -0.05) is 12.1 Å². The van der Waals surface area contributed by atoms with E-state index in [4.69, 9.17) is 5.11 Å². The van der Waals surface area contributed by atoms with Gasteiger partial charge in [0, 0.05) is 0 Å². The summed E-state index contributed by atoms with van der Waals surface area (Å²) in [6.45, 7) is 0. The second kappa shape index (κ2) is 6.60. The minimum Gasteiger partial charge on any atom is -0.508 e. The van der Waals surface area contributed by atoms with E-state index in [0.717, 1.165) is 18.2 Å². The van der Waals surface area contributed by atoms with Crippen LogP contribution in [0.25, 0.3) is 6.08 Å². The number of hydrogen-bond donors (Lipinski definition) is 2. The van der Waals surface area contributed by atoms with Crippen LogP contribution in [0.4, 0.5) is 18.9 Å². The summed E-state index contributed by atoms with van der Waals surface area (Å²) < 4.78 is 40.0. The minimum absolute atomic E-state index is 0.000793. The smallest absolute Gasteiger partial charge is 0.435 e. The Bertz CT molecular complexity index is 962. The molecule has 0 bridgehead atoms. The Balaban J connectivity index is 2.03. The van der Waals surface area contributed by atoms with Crippen LogP contribution in [0.3, 0.4) is 0 Å². The molecule has 0 radical (unpaired) electrons. The number of aromatic hydroxyl groups is 1. The lowest BCUT2D eigenvalue weighted by Gasteiger charge is -2.11. The summed E-state index contributed by atoms with van der Waals surface area (Å²) in [7, 11) is 0. The van der Waals surface area contributed by atoms with Crippen molar-refractivity contribution in [1.29, 1.82) is 0 Å². The molecule has 3 rings (SSSR count). The molecule has 27 heavy (non-hydrogen) atoms. The number of hydrogen-bond acceptors (Lipinski definition) is 4. The maximum absolute atomic E-state index is 13.3. The molecule has 1 aliphatic heterocycles. The first-order valence-electron chi connectivity index (χ1n) is 7.51. The maximum Gasteiger partial charge on any atom is 0.435 e. The molecule has 2 N–H and O–H groups in total. The highest BCUT2D eigenvalue weighted by atomic mass is 19.4. The van der Waals surface area contributed by atoms with Gasteiger partial charge in [0.1, 0.15) is 5.75 Å². The molecule has 0 saturated carbocycles. The third-order valence-electron chi connectivity index (χ3n) is 3.71. The summed E-state index contributed by atoms with van der Waals surface area (Å²) >= 11 is 0. The third kappa shape index (κ3) is 3.66. The molecule has 1 aliphatic rings. The van der Waals surface area contributed by atoms with E-state index in [9.17, 15) is 27.9 Å². The number of carbonyl (C=O) groups excluding carboxylic acids is 1. The number of phenols is 1. The molecule has 0 saturated heterocycles. The first-order chi connectivity index (χ1) is 12.7. The van der Waals surface area contributed by atoms with Gasteiger partial charge >= 0.3 is 12.1 Å². The highest BCUT2D eigenvalue weighted by molar-refractivity contribution is 6.34. The van der Waals surface area contributed by atoms with Crippen molar-refractivity contribution in [3.05, 3.63) is 65.2 Å². The van der Waals surface area contributed by atoms with Gasteiger partial charge in [0.15, 0.2) is 5.71 Å². The van der Waals surface area contributed by atoms with Crippen molar-refractivity contribution >= 4 is 29.4 Å². The van der Waals surface area contributed by atoms with Crippen molar-refractivity contribution < 1.29 is 33.0 Å². The van der Waals surface area contributed by atoms with E-state index in [1.807, 2.05) is 0 Å². The number of carboxylic acid groups (broad SMARTS) is 1. The summed E-state index contributed by atoms with van der Waals surface area (Å²) in [6, 6.07) is 9.98. The number of aromatic carboxylic acids is 1. The summed E-state index contributed by atoms with van der Waals surface area (Å²) in [6.07, 6.45) is -3.84. The Hall–Kier alpha value is -3.62. The van der Waals surface area contributed by atoms with Crippen LogP contribution in [0.15, 0.2) is 59.2 Å². The van der Waals surface area contributed by atoms with E-state index >= 15 is 0 Å². The average molecular weight is 376 g/mol. The van der Waals surface area contributed by atoms with Gasteiger partial charge in [-0.25, -0.2) is 4.79 Å². The summed E-state index contributed by atoms with van der Waals surface area (Å²) in [5.41, 5.74) is -1.82. The van der Waals surface area contributed by atoms with E-state index in [1.165, 1.54) is 36.4 Å². The standard InChI is InChI=1S/C18H11F3N2O4/c19-18(20,21)15-14(9-10-1-7-13(24)8-2-10)16(25)23(22-15)12-5-3-11(4-6-12)17(26)27/h1-9,24H,(H,26,27). The van der Waals surface area contributed by atoms with Gasteiger partial charge in [0.25, 0.3) is 5.91 Å². The predicted octanol–water partition coefficient (Wildman–Crippen LogP) is 3.44. The van der Waals surface area contributed by atoms with Crippen molar-refractivity contribution in [2.75, 3.05) is 5.01 Å². The molecular weight excluding hydrogens is 365 g/mol. The van der Waals surface area contributed by atoms with Gasteiger partial charge < -0.3 is 10.2 Å². The second-order valence-electron chi connectivity index (χ2n) is 5.56. The van der Waals surface area contributed by atoms with Gasteiger partial charge in [-0.3, -0.25) is 4.79 Å². The van der Waals surface area contributed by atoms with Crippen LogP contribution in [0, 0.1) is 0 Å². The number of anilines is 1. The fourth-order valence-corrected chi connectivity index (χ4v) is 2.41. The van der Waals surface area contributed by atoms with Crippen LogP contribution in [0.1, 0.15) is 15.9 Å².